The average molecular weight is 296 g/mol. The molecule has 2 rings (SSSR count). The van der Waals surface area contributed by atoms with Gasteiger partial charge in [-0.15, -0.1) is 0 Å². The molecule has 0 saturated carbocycles. The third kappa shape index (κ3) is 4.68. The molecule has 2 heterocycles. The normalized spacial score (nSPS) is 18.0. The summed E-state index contributed by atoms with van der Waals surface area (Å²) in [6, 6.07) is 0.329. The topological polar surface area (TPSA) is 63.4 Å². The standard InChI is InChI=1S/C15H28N4O2/c1-5-6-16-12(15(2,3)4)11-13-17-14(18-21-13)19-7-9-20-10-8-19/h12,16H,5-11H2,1-4H3. The van der Waals surface area contributed by atoms with Gasteiger partial charge in [-0.3, -0.25) is 0 Å². The fourth-order valence-electron chi connectivity index (χ4n) is 2.40. The highest BCUT2D eigenvalue weighted by Gasteiger charge is 2.27. The highest BCUT2D eigenvalue weighted by molar-refractivity contribution is 5.28. The summed E-state index contributed by atoms with van der Waals surface area (Å²) in [7, 11) is 0. The van der Waals surface area contributed by atoms with E-state index in [9.17, 15) is 0 Å². The lowest BCUT2D eigenvalue weighted by molar-refractivity contribution is 0.121. The Labute approximate surface area is 127 Å². The molecule has 1 unspecified atom stereocenters. The van der Waals surface area contributed by atoms with Crippen LogP contribution < -0.4 is 10.2 Å². The van der Waals surface area contributed by atoms with E-state index in [1.54, 1.807) is 0 Å². The van der Waals surface area contributed by atoms with Crippen LogP contribution in [0, 0.1) is 5.41 Å². The van der Waals surface area contributed by atoms with Crippen molar-refractivity contribution in [3.05, 3.63) is 5.89 Å². The number of anilines is 1. The SMILES string of the molecule is CCCNC(Cc1nc(N2CCOCC2)no1)C(C)(C)C. The number of ether oxygens (including phenoxy) is 1. The van der Waals surface area contributed by atoms with Gasteiger partial charge in [0.2, 0.25) is 5.89 Å². The fourth-order valence-corrected chi connectivity index (χ4v) is 2.40. The first-order valence-electron chi connectivity index (χ1n) is 7.89. The van der Waals surface area contributed by atoms with E-state index in [2.05, 4.69) is 48.1 Å². The number of morpholine rings is 1. The van der Waals surface area contributed by atoms with E-state index in [4.69, 9.17) is 9.26 Å². The molecular formula is C15H28N4O2. The fraction of sp³-hybridized carbons (Fsp3) is 0.867. The van der Waals surface area contributed by atoms with Crippen molar-refractivity contribution >= 4 is 5.95 Å². The number of nitrogens with zero attached hydrogens (tertiary/aromatic N) is 3. The number of nitrogens with one attached hydrogen (secondary N) is 1. The van der Waals surface area contributed by atoms with Gasteiger partial charge >= 0.3 is 0 Å². The molecule has 1 aromatic heterocycles. The Morgan fingerprint density at radius 1 is 1.29 bits per heavy atom. The average Bonchev–Trinajstić information content (AvgIpc) is 2.92. The summed E-state index contributed by atoms with van der Waals surface area (Å²) in [5.41, 5.74) is 0.156. The molecule has 1 N–H and O–H groups in total. The van der Waals surface area contributed by atoms with E-state index in [1.807, 2.05) is 0 Å². The molecular weight excluding hydrogens is 268 g/mol. The maximum atomic E-state index is 5.44. The first kappa shape index (κ1) is 16.2. The van der Waals surface area contributed by atoms with Crippen LogP contribution in [0.25, 0.3) is 0 Å². The van der Waals surface area contributed by atoms with E-state index in [-0.39, 0.29) is 5.41 Å². The first-order valence-corrected chi connectivity index (χ1v) is 7.89. The van der Waals surface area contributed by atoms with Crippen molar-refractivity contribution in [2.24, 2.45) is 5.41 Å². The van der Waals surface area contributed by atoms with Crippen molar-refractivity contribution in [3.63, 3.8) is 0 Å². The van der Waals surface area contributed by atoms with Crippen LogP contribution >= 0.6 is 0 Å². The molecule has 1 atom stereocenters. The van der Waals surface area contributed by atoms with Gasteiger partial charge in [-0.2, -0.15) is 4.98 Å². The molecule has 0 aromatic carbocycles. The predicted molar refractivity (Wildman–Crippen MR) is 82.6 cm³/mol. The van der Waals surface area contributed by atoms with Gasteiger partial charge in [-0.25, -0.2) is 0 Å². The summed E-state index contributed by atoms with van der Waals surface area (Å²) < 4.78 is 10.8. The molecule has 1 saturated heterocycles. The smallest absolute Gasteiger partial charge is 0.266 e. The van der Waals surface area contributed by atoms with Gasteiger partial charge in [-0.1, -0.05) is 27.7 Å². The third-order valence-electron chi connectivity index (χ3n) is 3.82. The summed E-state index contributed by atoms with van der Waals surface area (Å²) in [4.78, 5) is 6.66. The maximum Gasteiger partial charge on any atom is 0.266 e. The van der Waals surface area contributed by atoms with Crippen molar-refractivity contribution < 1.29 is 9.26 Å². The van der Waals surface area contributed by atoms with Gasteiger partial charge in [0.25, 0.3) is 5.95 Å². The van der Waals surface area contributed by atoms with Crippen LogP contribution in [-0.2, 0) is 11.2 Å². The summed E-state index contributed by atoms with van der Waals surface area (Å²) in [5.74, 6) is 1.40. The molecule has 1 aliphatic heterocycles. The lowest BCUT2D eigenvalue weighted by atomic mass is 9.84. The van der Waals surface area contributed by atoms with Crippen LogP contribution in [0.1, 0.15) is 40.0 Å². The third-order valence-corrected chi connectivity index (χ3v) is 3.82. The minimum Gasteiger partial charge on any atom is -0.378 e. The van der Waals surface area contributed by atoms with Gasteiger partial charge in [0.05, 0.1) is 13.2 Å². The molecule has 0 spiro atoms. The molecule has 21 heavy (non-hydrogen) atoms. The summed E-state index contributed by atoms with van der Waals surface area (Å²) in [6.07, 6.45) is 1.89. The van der Waals surface area contributed by atoms with Crippen molar-refractivity contribution in [2.45, 2.75) is 46.6 Å². The van der Waals surface area contributed by atoms with Crippen LogP contribution in [0.5, 0.6) is 0 Å². The summed E-state index contributed by atoms with van der Waals surface area (Å²) >= 11 is 0. The minimum atomic E-state index is 0.156. The molecule has 120 valence electrons. The lowest BCUT2D eigenvalue weighted by Gasteiger charge is -2.30. The van der Waals surface area contributed by atoms with E-state index < -0.39 is 0 Å². The van der Waals surface area contributed by atoms with Gasteiger partial charge < -0.3 is 19.5 Å². The second kappa shape index (κ2) is 7.22. The maximum absolute atomic E-state index is 5.44. The van der Waals surface area contributed by atoms with Crippen LogP contribution in [0.4, 0.5) is 5.95 Å². The highest BCUT2D eigenvalue weighted by Crippen LogP contribution is 2.23. The first-order chi connectivity index (χ1) is 10.0. The number of hydrogen-bond acceptors (Lipinski definition) is 6. The Morgan fingerprint density at radius 3 is 2.62 bits per heavy atom. The minimum absolute atomic E-state index is 0.156. The lowest BCUT2D eigenvalue weighted by Crippen LogP contribution is -2.42. The number of aromatic nitrogens is 2. The Kier molecular flexibility index (Phi) is 5.58. The second-order valence-corrected chi connectivity index (χ2v) is 6.66. The van der Waals surface area contributed by atoms with E-state index in [0.29, 0.717) is 17.9 Å². The molecule has 6 nitrogen and oxygen atoms in total. The molecule has 0 amide bonds. The van der Waals surface area contributed by atoms with Crippen LogP contribution in [0.3, 0.4) is 0 Å². The van der Waals surface area contributed by atoms with Crippen LogP contribution in [-0.4, -0.2) is 49.0 Å². The zero-order chi connectivity index (χ0) is 15.3. The Hall–Kier alpha value is -1.14. The zero-order valence-corrected chi connectivity index (χ0v) is 13.7. The molecule has 6 heteroatoms. The monoisotopic (exact) mass is 296 g/mol. The van der Waals surface area contributed by atoms with E-state index in [0.717, 1.165) is 45.7 Å². The predicted octanol–water partition coefficient (Wildman–Crippen LogP) is 1.86. The Balaban J connectivity index is 1.98. The number of rotatable bonds is 6. The van der Waals surface area contributed by atoms with Gasteiger partial charge in [0, 0.05) is 25.6 Å². The van der Waals surface area contributed by atoms with E-state index >= 15 is 0 Å². The molecule has 0 aliphatic carbocycles. The molecule has 1 fully saturated rings. The summed E-state index contributed by atoms with van der Waals surface area (Å²) in [5, 5.41) is 7.70. The highest BCUT2D eigenvalue weighted by atomic mass is 16.5. The van der Waals surface area contributed by atoms with Gasteiger partial charge in [0.15, 0.2) is 0 Å². The van der Waals surface area contributed by atoms with E-state index in [1.165, 1.54) is 0 Å². The van der Waals surface area contributed by atoms with Crippen molar-refractivity contribution in [3.8, 4) is 0 Å². The largest absolute Gasteiger partial charge is 0.378 e. The molecule has 0 radical (unpaired) electrons. The second-order valence-electron chi connectivity index (χ2n) is 6.66. The molecule has 1 aromatic rings. The zero-order valence-electron chi connectivity index (χ0n) is 13.7. The van der Waals surface area contributed by atoms with Crippen LogP contribution in [0.15, 0.2) is 4.52 Å². The Morgan fingerprint density at radius 2 is 2.00 bits per heavy atom. The van der Waals surface area contributed by atoms with Crippen molar-refractivity contribution in [1.29, 1.82) is 0 Å². The van der Waals surface area contributed by atoms with Crippen LogP contribution in [0.2, 0.25) is 0 Å². The van der Waals surface area contributed by atoms with Gasteiger partial charge in [0.1, 0.15) is 0 Å². The van der Waals surface area contributed by atoms with Gasteiger partial charge in [-0.05, 0) is 23.5 Å². The molecule has 0 bridgehead atoms. The summed E-state index contributed by atoms with van der Waals surface area (Å²) in [6.45, 7) is 13.0. The van der Waals surface area contributed by atoms with Crippen molar-refractivity contribution in [1.82, 2.24) is 15.5 Å². The van der Waals surface area contributed by atoms with Crippen molar-refractivity contribution in [2.75, 3.05) is 37.7 Å². The quantitative estimate of drug-likeness (QED) is 0.864. The number of hydrogen-bond donors (Lipinski definition) is 1. The Bertz CT molecular complexity index is 422. The molecule has 1 aliphatic rings.